The summed E-state index contributed by atoms with van der Waals surface area (Å²) in [5, 5.41) is 0. The minimum Gasteiger partial charge on any atom is -0.248 e. The molecule has 5 heteroatoms. The predicted molar refractivity (Wildman–Crippen MR) is 613 cm³/mol. The Morgan fingerprint density at radius 1 is 0.227 bits per heavy atom. The Morgan fingerprint density at radius 3 is 0.606 bits per heavy atom. The predicted octanol–water partition coefficient (Wildman–Crippen LogP) is 49.3. The van der Waals surface area contributed by atoms with Crippen molar-refractivity contribution in [3.63, 3.8) is 0 Å². The zero-order valence-electron chi connectivity index (χ0n) is 93.9. The lowest BCUT2D eigenvalue weighted by atomic mass is 9.67. The second-order valence-corrected chi connectivity index (χ2v) is 58.3. The summed E-state index contributed by atoms with van der Waals surface area (Å²) in [5.41, 5.74) is 5.67. The van der Waals surface area contributed by atoms with Gasteiger partial charge in [0.1, 0.15) is 0 Å². The van der Waals surface area contributed by atoms with Crippen LogP contribution >= 0.6 is 0 Å². The molecule has 0 heterocycles. The lowest BCUT2D eigenvalue weighted by molar-refractivity contribution is 0.0375. The Labute approximate surface area is 844 Å². The van der Waals surface area contributed by atoms with Gasteiger partial charge in [0.05, 0.1) is 6.17 Å². The Hall–Kier alpha value is -0.350. The van der Waals surface area contributed by atoms with Crippen molar-refractivity contribution in [2.24, 2.45) is 153 Å². The highest BCUT2D eigenvalue weighted by molar-refractivity contribution is 4.87. The van der Waals surface area contributed by atoms with E-state index in [1.807, 2.05) is 48.5 Å². The molecule has 3 unspecified atom stereocenters. The molecule has 132 heavy (non-hydrogen) atoms. The summed E-state index contributed by atoms with van der Waals surface area (Å²) in [6, 6.07) is 0. The molecule has 3 atom stereocenters. The van der Waals surface area contributed by atoms with Crippen LogP contribution in [0.3, 0.4) is 0 Å². The number of hydrogen-bond acceptors (Lipinski definition) is 0. The molecule has 0 aromatic rings. The van der Waals surface area contributed by atoms with Crippen LogP contribution in [-0.4, -0.2) is 19.0 Å². The van der Waals surface area contributed by atoms with Gasteiger partial charge in [-0.05, 0) is 244 Å². The summed E-state index contributed by atoms with van der Waals surface area (Å²) in [6.45, 7) is 104. The molecule has 0 aromatic heterocycles. The van der Waals surface area contributed by atoms with Crippen LogP contribution in [0.4, 0.5) is 22.0 Å². The van der Waals surface area contributed by atoms with Gasteiger partial charge in [0.15, 0.2) is 0 Å². The molecule has 0 N–H and O–H groups in total. The third-order valence-electron chi connectivity index (χ3n) is 28.4. The van der Waals surface area contributed by atoms with Crippen LogP contribution in [0, 0.1) is 153 Å². The summed E-state index contributed by atoms with van der Waals surface area (Å²) in [4.78, 5) is 0. The number of halogens is 5. The van der Waals surface area contributed by atoms with E-state index in [0.29, 0.717) is 66.5 Å². The summed E-state index contributed by atoms with van der Waals surface area (Å²) >= 11 is 0. The maximum absolute atomic E-state index is 12.6. The van der Waals surface area contributed by atoms with Gasteiger partial charge >= 0.3 is 0 Å². The maximum atomic E-state index is 12.6. The van der Waals surface area contributed by atoms with Gasteiger partial charge in [0.25, 0.3) is 0 Å². The minimum atomic E-state index is -2.16. The van der Waals surface area contributed by atoms with Crippen molar-refractivity contribution in [1.29, 1.82) is 0 Å². The average molecular weight is 1900 g/mol. The summed E-state index contributed by atoms with van der Waals surface area (Å²) < 4.78 is 61.0. The molecule has 0 saturated heterocycles. The Kier molecular flexibility index (Phi) is 91.2. The van der Waals surface area contributed by atoms with E-state index in [0.717, 1.165) is 77.9 Å². The first-order valence-electron chi connectivity index (χ1n) is 53.3. The van der Waals surface area contributed by atoms with E-state index in [-0.39, 0.29) is 108 Å². The second-order valence-electron chi connectivity index (χ2n) is 58.3. The molecule has 0 amide bonds. The van der Waals surface area contributed by atoms with Crippen LogP contribution in [0.2, 0.25) is 0 Å². The van der Waals surface area contributed by atoms with Gasteiger partial charge in [-0.1, -0.05) is 552 Å². The van der Waals surface area contributed by atoms with E-state index in [1.165, 1.54) is 238 Å². The lowest BCUT2D eigenvalue weighted by Gasteiger charge is -2.39. The van der Waals surface area contributed by atoms with Crippen molar-refractivity contribution in [3.8, 4) is 0 Å². The molecule has 8 saturated carbocycles. The van der Waals surface area contributed by atoms with E-state index >= 15 is 0 Å². The van der Waals surface area contributed by atoms with Crippen molar-refractivity contribution >= 4 is 0 Å². The van der Waals surface area contributed by atoms with Crippen LogP contribution in [0.25, 0.3) is 0 Å². The first-order valence-corrected chi connectivity index (χ1v) is 53.3. The van der Waals surface area contributed by atoms with Gasteiger partial charge in [-0.2, -0.15) is 0 Å². The fourth-order valence-electron chi connectivity index (χ4n) is 20.5. The van der Waals surface area contributed by atoms with Crippen molar-refractivity contribution in [1.82, 2.24) is 0 Å². The van der Waals surface area contributed by atoms with Gasteiger partial charge in [-0.3, -0.25) is 0 Å². The van der Waals surface area contributed by atoms with Crippen LogP contribution in [0.1, 0.15) is 655 Å². The number of alkyl halides is 5. The van der Waals surface area contributed by atoms with Gasteiger partial charge in [-0.15, -0.1) is 0 Å². The van der Waals surface area contributed by atoms with E-state index in [2.05, 4.69) is 263 Å². The monoisotopic (exact) mass is 1900 g/mol. The SMILES string of the molecule is C.C.C.C.C.C.C.C.C.CC(C)(C)C(CC(F)F)C1CCCCC1.CC(C)(C)C1CCCC1.CC(C)(C)C1CCCCC1.CC(C)(C)CC1CC1.CC(C)(C)CC1CCC(C(C)(C)C)CC1.CC(C)(C)CC1CCCC1.CC(C)(C)CC1CCCCC1.CC(C)C(C)(C)C.CC(C)CC(C)(C)C.CC(CC(F)F)C(C)(C)C.CC(F)CC(C)(C)C.CC1CCC(CC(C)(C)C)CC1. The Bertz CT molecular complexity index is 2340. The molecule has 8 rings (SSSR count). The van der Waals surface area contributed by atoms with Crippen LogP contribution in [0.5, 0.6) is 0 Å². The van der Waals surface area contributed by atoms with E-state index in [9.17, 15) is 22.0 Å². The van der Waals surface area contributed by atoms with Crippen molar-refractivity contribution in [3.05, 3.63) is 0 Å². The molecule has 0 nitrogen and oxygen atoms in total. The number of rotatable bonds is 12. The van der Waals surface area contributed by atoms with Crippen LogP contribution in [0.15, 0.2) is 0 Å². The summed E-state index contributed by atoms with van der Waals surface area (Å²) in [5.74, 6) is 11.7. The van der Waals surface area contributed by atoms with Gasteiger partial charge in [0.2, 0.25) is 12.9 Å². The first-order chi connectivity index (χ1) is 55.1. The quantitative estimate of drug-likeness (QED) is 0.171. The van der Waals surface area contributed by atoms with Gasteiger partial charge in [0, 0.05) is 12.8 Å². The van der Waals surface area contributed by atoms with Crippen LogP contribution in [-0.2, 0) is 0 Å². The fourth-order valence-corrected chi connectivity index (χ4v) is 20.5. The Morgan fingerprint density at radius 2 is 0.439 bits per heavy atom. The third kappa shape index (κ3) is 104. The molecular weight excluding hydrogens is 1620 g/mol. The average Bonchev–Trinajstić information content (AvgIpc) is 1.31. The molecule has 0 aliphatic heterocycles. The lowest BCUT2D eigenvalue weighted by Crippen LogP contribution is -2.31. The zero-order chi connectivity index (χ0) is 97.0. The molecule has 0 bridgehead atoms. The van der Waals surface area contributed by atoms with E-state index < -0.39 is 19.0 Å². The highest BCUT2D eigenvalue weighted by atomic mass is 19.3. The highest BCUT2D eigenvalue weighted by Gasteiger charge is 2.37. The molecule has 8 aliphatic carbocycles. The third-order valence-corrected chi connectivity index (χ3v) is 28.4. The van der Waals surface area contributed by atoms with Crippen molar-refractivity contribution in [2.75, 3.05) is 0 Å². The zero-order valence-corrected chi connectivity index (χ0v) is 93.9. The molecule has 8 aliphatic rings. The van der Waals surface area contributed by atoms with Crippen molar-refractivity contribution in [2.45, 2.75) is 674 Å². The molecule has 8 fully saturated rings. The van der Waals surface area contributed by atoms with Crippen LogP contribution < -0.4 is 0 Å². The minimum absolute atomic E-state index is 0. The molecule has 0 spiro atoms. The first kappa shape index (κ1) is 160. The second kappa shape index (κ2) is 75.4. The summed E-state index contributed by atoms with van der Waals surface area (Å²) in [7, 11) is 0. The topological polar surface area (TPSA) is 0 Å². The largest absolute Gasteiger partial charge is 0.248 e. The molecular formula is C127H275F5. The van der Waals surface area contributed by atoms with Gasteiger partial charge < -0.3 is 0 Å². The van der Waals surface area contributed by atoms with Gasteiger partial charge in [-0.25, -0.2) is 22.0 Å². The highest BCUT2D eigenvalue weighted by Crippen LogP contribution is 2.47. The molecule has 0 aromatic carbocycles. The standard InChI is InChI=1S/C15H30.C13H24F2.C12H24.C11H22.2C10H20.C9H18.C8H16F2.C8H16.C8H18.C7H15F.C7H16.9CH4/c1-14(2,3)11-12-7-9-13(10-8-12)15(4,5)6;1-13(2,3)11(9-12(14)15)10-7-5-4-6-8-10;1-10-5-7-11(8-6-10)9-12(2,3)4;1-11(2,3)9-10-7-5-4-6-8-10;1-10(2,3)8-9-6-4-5-7-9;1-10(2,3)9-7-5-4-6-8-9;1-9(2,3)8-6-4-5-7-8;1-6(5-7(9)10)8(2,3)4;1-8(2,3)6-7-4-5-7;1-7(2)6-8(3,4)5;1-6(8)5-7(2,3)4;1-6(2)7(3,4)5;;;;;;;;;/h12-13H,7-11H2,1-6H3;10-12H,4-9H2,1-3H3;10-11H,5-9H2,1-4H3;10H,4-9H2,1-3H3;2*9H,4-8H2,1-3H3;8H,4-7H2,1-3H3;6-7H,5H2,1-4H3;7H,4-6H2,1-3H3;7H,6H2,1-5H3;6H,5H2,1-4H3;6H,1-5H3;9*1H4. The summed E-state index contributed by atoms with van der Waals surface area (Å²) in [6.07, 6.45) is 51.9. The molecule has 818 valence electrons. The van der Waals surface area contributed by atoms with E-state index in [1.54, 1.807) is 6.92 Å². The maximum Gasteiger partial charge on any atom is 0.238 e. The molecule has 0 radical (unpaired) electrons. The van der Waals surface area contributed by atoms with Crippen molar-refractivity contribution < 1.29 is 22.0 Å². The number of hydrogen-bond donors (Lipinski definition) is 0. The Balaban J connectivity index is -0.000000106. The fraction of sp³-hybridized carbons (Fsp3) is 1.00. The smallest absolute Gasteiger partial charge is 0.238 e. The van der Waals surface area contributed by atoms with E-state index in [4.69, 9.17) is 0 Å². The normalized spacial score (nSPS) is 20.5.